The van der Waals surface area contributed by atoms with Crippen LogP contribution in [-0.4, -0.2) is 26.3 Å². The molecule has 0 bridgehead atoms. The summed E-state index contributed by atoms with van der Waals surface area (Å²) in [7, 11) is 1.61. The molecule has 3 aromatic heterocycles. The number of pyridine rings is 1. The smallest absolute Gasteiger partial charge is 0.261 e. The van der Waals surface area contributed by atoms with Crippen LogP contribution >= 0.6 is 0 Å². The highest BCUT2D eigenvalue weighted by atomic mass is 19.1. The van der Waals surface area contributed by atoms with Crippen molar-refractivity contribution in [2.24, 2.45) is 0 Å². The molecule has 5 rings (SSSR count). The van der Waals surface area contributed by atoms with Crippen molar-refractivity contribution in [1.29, 1.82) is 0 Å². The average molecular weight is 420 g/mol. The maximum atomic E-state index is 13.5. The highest BCUT2D eigenvalue weighted by molar-refractivity contribution is 5.86. The Morgan fingerprint density at radius 2 is 1.84 bits per heavy atom. The molecule has 31 heavy (non-hydrogen) atoms. The van der Waals surface area contributed by atoms with Gasteiger partial charge < -0.3 is 9.30 Å². The van der Waals surface area contributed by atoms with E-state index in [4.69, 9.17) is 9.84 Å². The SMILES string of the molecule is COCc1nn2c(ncc3c(=O)n(C4CCCCCC4)ccc32)c1-c1ccc(F)cc1. The largest absolute Gasteiger partial charge is 0.378 e. The molecular formula is C24H25FN4O2. The molecule has 0 saturated heterocycles. The lowest BCUT2D eigenvalue weighted by Gasteiger charge is -2.18. The molecule has 1 fully saturated rings. The van der Waals surface area contributed by atoms with Crippen LogP contribution in [-0.2, 0) is 11.3 Å². The van der Waals surface area contributed by atoms with Crippen molar-refractivity contribution in [2.75, 3.05) is 7.11 Å². The van der Waals surface area contributed by atoms with Crippen LogP contribution in [0.4, 0.5) is 4.39 Å². The zero-order chi connectivity index (χ0) is 21.4. The fourth-order valence-corrected chi connectivity index (χ4v) is 4.70. The van der Waals surface area contributed by atoms with Crippen LogP contribution in [0.5, 0.6) is 0 Å². The lowest BCUT2D eigenvalue weighted by Crippen LogP contribution is -2.24. The quantitative estimate of drug-likeness (QED) is 0.441. The first-order valence-corrected chi connectivity index (χ1v) is 10.8. The van der Waals surface area contributed by atoms with Crippen molar-refractivity contribution in [3.63, 3.8) is 0 Å². The maximum Gasteiger partial charge on any atom is 0.261 e. The molecule has 6 nitrogen and oxygen atoms in total. The van der Waals surface area contributed by atoms with Gasteiger partial charge in [0, 0.05) is 25.5 Å². The zero-order valence-electron chi connectivity index (χ0n) is 17.6. The first kappa shape index (κ1) is 19.9. The molecule has 1 saturated carbocycles. The van der Waals surface area contributed by atoms with Gasteiger partial charge in [0.25, 0.3) is 5.56 Å². The van der Waals surface area contributed by atoms with E-state index in [1.807, 2.05) is 16.8 Å². The third kappa shape index (κ3) is 3.53. The zero-order valence-corrected chi connectivity index (χ0v) is 17.6. The van der Waals surface area contributed by atoms with E-state index in [0.717, 1.165) is 36.8 Å². The Morgan fingerprint density at radius 3 is 2.55 bits per heavy atom. The van der Waals surface area contributed by atoms with Gasteiger partial charge in [-0.1, -0.05) is 37.8 Å². The number of benzene rings is 1. The van der Waals surface area contributed by atoms with Crippen molar-refractivity contribution in [3.8, 4) is 11.1 Å². The van der Waals surface area contributed by atoms with Crippen LogP contribution in [0.3, 0.4) is 0 Å². The summed E-state index contributed by atoms with van der Waals surface area (Å²) in [5.74, 6) is -0.300. The third-order valence-corrected chi connectivity index (χ3v) is 6.24. The van der Waals surface area contributed by atoms with E-state index in [2.05, 4.69) is 4.98 Å². The molecule has 7 heteroatoms. The minimum absolute atomic E-state index is 0.0223. The van der Waals surface area contributed by atoms with Gasteiger partial charge in [-0.05, 0) is 36.6 Å². The van der Waals surface area contributed by atoms with Gasteiger partial charge in [-0.2, -0.15) is 5.10 Å². The monoisotopic (exact) mass is 420 g/mol. The van der Waals surface area contributed by atoms with Crippen molar-refractivity contribution >= 4 is 16.6 Å². The van der Waals surface area contributed by atoms with Crippen molar-refractivity contribution in [3.05, 3.63) is 64.6 Å². The van der Waals surface area contributed by atoms with Gasteiger partial charge in [0.15, 0.2) is 5.65 Å². The molecule has 0 spiro atoms. The highest BCUT2D eigenvalue weighted by Gasteiger charge is 2.20. The summed E-state index contributed by atoms with van der Waals surface area (Å²) in [6, 6.07) is 8.45. The van der Waals surface area contributed by atoms with Gasteiger partial charge in [-0.15, -0.1) is 0 Å². The van der Waals surface area contributed by atoms with Gasteiger partial charge in [0.05, 0.1) is 28.8 Å². The van der Waals surface area contributed by atoms with Crippen LogP contribution in [0, 0.1) is 5.82 Å². The van der Waals surface area contributed by atoms with E-state index in [1.165, 1.54) is 25.0 Å². The first-order chi connectivity index (χ1) is 15.2. The predicted molar refractivity (Wildman–Crippen MR) is 118 cm³/mol. The summed E-state index contributed by atoms with van der Waals surface area (Å²) < 4.78 is 22.4. The molecule has 1 aromatic carbocycles. The molecule has 4 aromatic rings. The minimum atomic E-state index is -0.300. The number of methoxy groups -OCH3 is 1. The van der Waals surface area contributed by atoms with Gasteiger partial charge in [-0.3, -0.25) is 4.79 Å². The maximum absolute atomic E-state index is 13.5. The summed E-state index contributed by atoms with van der Waals surface area (Å²) in [4.78, 5) is 17.9. The van der Waals surface area contributed by atoms with Crippen molar-refractivity contribution in [2.45, 2.75) is 51.2 Å². The molecule has 0 unspecified atom stereocenters. The van der Waals surface area contributed by atoms with Crippen LogP contribution in [0.25, 0.3) is 27.7 Å². The van der Waals surface area contributed by atoms with Gasteiger partial charge in [-0.25, -0.2) is 13.9 Å². The fraction of sp³-hybridized carbons (Fsp3) is 0.375. The standard InChI is InChI=1S/C24H25FN4O2/c1-31-15-20-22(16-8-10-17(25)11-9-16)23-26-14-19-21(29(23)27-20)12-13-28(24(19)30)18-6-4-2-3-5-7-18/h8-14,18H,2-7,15H2,1H3. The molecule has 0 amide bonds. The number of aromatic nitrogens is 4. The molecule has 1 aliphatic rings. The van der Waals surface area contributed by atoms with E-state index in [1.54, 1.807) is 30.0 Å². The Morgan fingerprint density at radius 1 is 1.10 bits per heavy atom. The number of nitrogens with zero attached hydrogens (tertiary/aromatic N) is 4. The van der Waals surface area contributed by atoms with E-state index in [9.17, 15) is 9.18 Å². The molecule has 0 N–H and O–H groups in total. The Labute approximate surface area is 179 Å². The number of hydrogen-bond acceptors (Lipinski definition) is 4. The molecule has 1 aliphatic carbocycles. The minimum Gasteiger partial charge on any atom is -0.378 e. The fourth-order valence-electron chi connectivity index (χ4n) is 4.70. The predicted octanol–water partition coefficient (Wildman–Crippen LogP) is 4.89. The number of ether oxygens (including phenoxy) is 1. The van der Waals surface area contributed by atoms with Crippen LogP contribution < -0.4 is 5.56 Å². The van der Waals surface area contributed by atoms with Crippen LogP contribution in [0.2, 0.25) is 0 Å². The van der Waals surface area contributed by atoms with E-state index < -0.39 is 0 Å². The highest BCUT2D eigenvalue weighted by Crippen LogP contribution is 2.30. The van der Waals surface area contributed by atoms with E-state index >= 15 is 0 Å². The number of hydrogen-bond donors (Lipinski definition) is 0. The van der Waals surface area contributed by atoms with E-state index in [0.29, 0.717) is 22.2 Å². The second-order valence-corrected chi connectivity index (χ2v) is 8.23. The summed E-state index contributed by atoms with van der Waals surface area (Å²) in [5, 5.41) is 5.27. The Bertz CT molecular complexity index is 1290. The summed E-state index contributed by atoms with van der Waals surface area (Å²) in [6.45, 7) is 0.288. The Balaban J connectivity index is 1.69. The molecule has 3 heterocycles. The lowest BCUT2D eigenvalue weighted by molar-refractivity contribution is 0.181. The Kier molecular flexibility index (Phi) is 5.28. The van der Waals surface area contributed by atoms with Gasteiger partial charge in [0.2, 0.25) is 0 Å². The molecular weight excluding hydrogens is 395 g/mol. The number of fused-ring (bicyclic) bond motifs is 3. The molecule has 0 atom stereocenters. The molecule has 0 aliphatic heterocycles. The number of halogens is 1. The van der Waals surface area contributed by atoms with Crippen LogP contribution in [0.15, 0.2) is 47.5 Å². The lowest BCUT2D eigenvalue weighted by atomic mass is 10.1. The summed E-state index contributed by atoms with van der Waals surface area (Å²) in [5.41, 5.74) is 3.61. The van der Waals surface area contributed by atoms with Crippen molar-refractivity contribution in [1.82, 2.24) is 19.2 Å². The van der Waals surface area contributed by atoms with Gasteiger partial charge >= 0.3 is 0 Å². The first-order valence-electron chi connectivity index (χ1n) is 10.8. The molecule has 160 valence electrons. The Hall–Kier alpha value is -3.06. The number of rotatable bonds is 4. The topological polar surface area (TPSA) is 61.4 Å². The normalized spacial score (nSPS) is 15.5. The summed E-state index contributed by atoms with van der Waals surface area (Å²) in [6.07, 6.45) is 10.4. The van der Waals surface area contributed by atoms with Crippen LogP contribution in [0.1, 0.15) is 50.3 Å². The van der Waals surface area contributed by atoms with Gasteiger partial charge in [0.1, 0.15) is 5.82 Å². The van der Waals surface area contributed by atoms with E-state index in [-0.39, 0.29) is 24.0 Å². The van der Waals surface area contributed by atoms with Crippen molar-refractivity contribution < 1.29 is 9.13 Å². The summed E-state index contributed by atoms with van der Waals surface area (Å²) >= 11 is 0. The molecule has 0 radical (unpaired) electrons. The average Bonchev–Trinajstić information content (AvgIpc) is 2.94. The third-order valence-electron chi connectivity index (χ3n) is 6.24. The second kappa shape index (κ2) is 8.23. The second-order valence-electron chi connectivity index (χ2n) is 8.23.